The highest BCUT2D eigenvalue weighted by Crippen LogP contribution is 2.15. The Hall–Kier alpha value is -1.88. The van der Waals surface area contributed by atoms with Crippen LogP contribution in [0.15, 0.2) is 23.6 Å². The van der Waals surface area contributed by atoms with E-state index in [0.29, 0.717) is 12.1 Å². The molecule has 4 nitrogen and oxygen atoms in total. The summed E-state index contributed by atoms with van der Waals surface area (Å²) in [6.07, 6.45) is 0.776. The molecule has 0 saturated carbocycles. The first kappa shape index (κ1) is 14.5. The molecule has 0 unspecified atom stereocenters. The zero-order valence-corrected chi connectivity index (χ0v) is 12.8. The SMILES string of the molecule is CNc1ccc(C(=O)NCCc2nc(C)cs2)cc1C. The van der Waals surface area contributed by atoms with Crippen LogP contribution >= 0.6 is 11.3 Å². The van der Waals surface area contributed by atoms with Crippen LogP contribution in [0.3, 0.4) is 0 Å². The summed E-state index contributed by atoms with van der Waals surface area (Å²) >= 11 is 1.63. The molecule has 0 radical (unpaired) electrons. The summed E-state index contributed by atoms with van der Waals surface area (Å²) in [6.45, 7) is 4.57. The van der Waals surface area contributed by atoms with Crippen LogP contribution in [-0.2, 0) is 6.42 Å². The number of nitrogens with one attached hydrogen (secondary N) is 2. The molecule has 2 rings (SSSR count). The molecule has 0 aliphatic heterocycles. The number of aromatic nitrogens is 1. The first-order chi connectivity index (χ1) is 9.60. The number of carbonyl (C=O) groups excluding carboxylic acids is 1. The van der Waals surface area contributed by atoms with E-state index in [4.69, 9.17) is 0 Å². The molecular formula is C15H19N3OS. The van der Waals surface area contributed by atoms with Gasteiger partial charge in [-0.1, -0.05) is 0 Å². The number of nitrogens with zero attached hydrogens (tertiary/aromatic N) is 1. The highest BCUT2D eigenvalue weighted by molar-refractivity contribution is 7.09. The normalized spacial score (nSPS) is 10.3. The summed E-state index contributed by atoms with van der Waals surface area (Å²) in [5.41, 5.74) is 3.84. The van der Waals surface area contributed by atoms with E-state index < -0.39 is 0 Å². The molecule has 0 spiro atoms. The second kappa shape index (κ2) is 6.52. The molecule has 0 bridgehead atoms. The van der Waals surface area contributed by atoms with Crippen molar-refractivity contribution in [2.24, 2.45) is 0 Å². The van der Waals surface area contributed by atoms with Crippen molar-refractivity contribution in [3.63, 3.8) is 0 Å². The van der Waals surface area contributed by atoms with Gasteiger partial charge in [-0.2, -0.15) is 0 Å². The number of anilines is 1. The second-order valence-corrected chi connectivity index (χ2v) is 5.61. The van der Waals surface area contributed by atoms with Crippen LogP contribution in [0.4, 0.5) is 5.69 Å². The lowest BCUT2D eigenvalue weighted by atomic mass is 10.1. The summed E-state index contributed by atoms with van der Waals surface area (Å²) in [4.78, 5) is 16.4. The average Bonchev–Trinajstić information content (AvgIpc) is 2.84. The Kier molecular flexibility index (Phi) is 4.74. The molecule has 2 N–H and O–H groups in total. The number of rotatable bonds is 5. The van der Waals surface area contributed by atoms with E-state index in [1.165, 1.54) is 0 Å². The van der Waals surface area contributed by atoms with Crippen LogP contribution in [0.1, 0.15) is 26.6 Å². The summed E-state index contributed by atoms with van der Waals surface area (Å²) in [5, 5.41) is 9.10. The van der Waals surface area contributed by atoms with Gasteiger partial charge in [0, 0.05) is 42.3 Å². The van der Waals surface area contributed by atoms with Gasteiger partial charge < -0.3 is 10.6 Å². The Morgan fingerprint density at radius 2 is 2.15 bits per heavy atom. The van der Waals surface area contributed by atoms with Gasteiger partial charge in [-0.15, -0.1) is 11.3 Å². The summed E-state index contributed by atoms with van der Waals surface area (Å²) in [6, 6.07) is 5.66. The fourth-order valence-electron chi connectivity index (χ4n) is 1.99. The number of hydrogen-bond acceptors (Lipinski definition) is 4. The average molecular weight is 289 g/mol. The van der Waals surface area contributed by atoms with Gasteiger partial charge in [0.1, 0.15) is 0 Å². The molecule has 0 aliphatic rings. The highest BCUT2D eigenvalue weighted by Gasteiger charge is 2.07. The first-order valence-electron chi connectivity index (χ1n) is 6.57. The number of benzene rings is 1. The number of amides is 1. The van der Waals surface area contributed by atoms with E-state index in [0.717, 1.165) is 28.4 Å². The minimum absolute atomic E-state index is 0.0379. The number of carbonyl (C=O) groups is 1. The Bertz CT molecular complexity index is 607. The standard InChI is InChI=1S/C15H19N3OS/c1-10-8-12(4-5-13(10)16-3)15(19)17-7-6-14-18-11(2)9-20-14/h4-5,8-9,16H,6-7H2,1-3H3,(H,17,19). The topological polar surface area (TPSA) is 54.0 Å². The summed E-state index contributed by atoms with van der Waals surface area (Å²) < 4.78 is 0. The quantitative estimate of drug-likeness (QED) is 0.890. The molecule has 1 amide bonds. The molecule has 1 aromatic carbocycles. The Morgan fingerprint density at radius 1 is 1.35 bits per heavy atom. The molecule has 2 aromatic rings. The molecule has 20 heavy (non-hydrogen) atoms. The van der Waals surface area contributed by atoms with Gasteiger partial charge in [-0.05, 0) is 37.6 Å². The molecule has 1 aromatic heterocycles. The second-order valence-electron chi connectivity index (χ2n) is 4.67. The predicted molar refractivity (Wildman–Crippen MR) is 83.6 cm³/mol. The third-order valence-corrected chi connectivity index (χ3v) is 4.08. The van der Waals surface area contributed by atoms with Crippen molar-refractivity contribution < 1.29 is 4.79 Å². The minimum Gasteiger partial charge on any atom is -0.388 e. The first-order valence-corrected chi connectivity index (χ1v) is 7.45. The summed E-state index contributed by atoms with van der Waals surface area (Å²) in [7, 11) is 1.87. The van der Waals surface area contributed by atoms with E-state index >= 15 is 0 Å². The van der Waals surface area contributed by atoms with Gasteiger partial charge in [-0.25, -0.2) is 4.98 Å². The maximum atomic E-state index is 12.0. The van der Waals surface area contributed by atoms with Gasteiger partial charge in [0.2, 0.25) is 0 Å². The van der Waals surface area contributed by atoms with Crippen molar-refractivity contribution in [3.05, 3.63) is 45.4 Å². The third kappa shape index (κ3) is 3.57. The highest BCUT2D eigenvalue weighted by atomic mass is 32.1. The van der Waals surface area contributed by atoms with E-state index in [-0.39, 0.29) is 5.91 Å². The lowest BCUT2D eigenvalue weighted by molar-refractivity contribution is 0.0954. The third-order valence-electron chi connectivity index (χ3n) is 3.05. The van der Waals surface area contributed by atoms with Gasteiger partial charge >= 0.3 is 0 Å². The smallest absolute Gasteiger partial charge is 0.251 e. The van der Waals surface area contributed by atoms with Crippen molar-refractivity contribution in [1.29, 1.82) is 0 Å². The lowest BCUT2D eigenvalue weighted by Crippen LogP contribution is -2.25. The molecule has 106 valence electrons. The van der Waals surface area contributed by atoms with E-state index in [1.54, 1.807) is 11.3 Å². The summed E-state index contributed by atoms with van der Waals surface area (Å²) in [5.74, 6) is -0.0379. The molecule has 0 saturated heterocycles. The largest absolute Gasteiger partial charge is 0.388 e. The maximum absolute atomic E-state index is 12.0. The van der Waals surface area contributed by atoms with Gasteiger partial charge in [0.25, 0.3) is 5.91 Å². The van der Waals surface area contributed by atoms with Crippen LogP contribution in [0.2, 0.25) is 0 Å². The van der Waals surface area contributed by atoms with Crippen LogP contribution in [0.25, 0.3) is 0 Å². The fourth-order valence-corrected chi connectivity index (χ4v) is 2.76. The molecular weight excluding hydrogens is 270 g/mol. The monoisotopic (exact) mass is 289 g/mol. The van der Waals surface area contributed by atoms with Crippen LogP contribution in [0.5, 0.6) is 0 Å². The predicted octanol–water partition coefficient (Wildman–Crippen LogP) is 2.77. The lowest BCUT2D eigenvalue weighted by Gasteiger charge is -2.08. The molecule has 1 heterocycles. The van der Waals surface area contributed by atoms with Crippen LogP contribution < -0.4 is 10.6 Å². The molecule has 0 fully saturated rings. The van der Waals surface area contributed by atoms with Gasteiger partial charge in [0.05, 0.1) is 5.01 Å². The van der Waals surface area contributed by atoms with Crippen molar-refractivity contribution in [3.8, 4) is 0 Å². The van der Waals surface area contributed by atoms with Crippen molar-refractivity contribution >= 4 is 22.9 Å². The fraction of sp³-hybridized carbons (Fsp3) is 0.333. The Labute approximate surface area is 123 Å². The Balaban J connectivity index is 1.90. The molecule has 0 atom stereocenters. The maximum Gasteiger partial charge on any atom is 0.251 e. The minimum atomic E-state index is -0.0379. The number of aryl methyl sites for hydroxylation is 2. The molecule has 5 heteroatoms. The number of hydrogen-bond donors (Lipinski definition) is 2. The van der Waals surface area contributed by atoms with Crippen LogP contribution in [0, 0.1) is 13.8 Å². The Morgan fingerprint density at radius 3 is 2.75 bits per heavy atom. The number of thiazole rings is 1. The van der Waals surface area contributed by atoms with Crippen molar-refractivity contribution in [2.75, 3.05) is 18.9 Å². The van der Waals surface area contributed by atoms with Crippen molar-refractivity contribution in [1.82, 2.24) is 10.3 Å². The van der Waals surface area contributed by atoms with E-state index in [2.05, 4.69) is 15.6 Å². The van der Waals surface area contributed by atoms with E-state index in [9.17, 15) is 4.79 Å². The van der Waals surface area contributed by atoms with E-state index in [1.807, 2.05) is 44.5 Å². The zero-order valence-electron chi connectivity index (χ0n) is 12.0. The van der Waals surface area contributed by atoms with Gasteiger partial charge in [-0.3, -0.25) is 4.79 Å². The van der Waals surface area contributed by atoms with Crippen molar-refractivity contribution in [2.45, 2.75) is 20.3 Å². The van der Waals surface area contributed by atoms with Crippen LogP contribution in [-0.4, -0.2) is 24.5 Å². The molecule has 0 aliphatic carbocycles. The zero-order chi connectivity index (χ0) is 14.5. The van der Waals surface area contributed by atoms with Gasteiger partial charge in [0.15, 0.2) is 0 Å².